The summed E-state index contributed by atoms with van der Waals surface area (Å²) >= 11 is 3.57. The predicted molar refractivity (Wildman–Crippen MR) is 77.5 cm³/mol. The number of methoxy groups -OCH3 is 2. The van der Waals surface area contributed by atoms with Gasteiger partial charge in [-0.2, -0.15) is 0 Å². The van der Waals surface area contributed by atoms with Gasteiger partial charge in [-0.1, -0.05) is 15.9 Å². The number of nitrogens with zero attached hydrogens (tertiary/aromatic N) is 1. The van der Waals surface area contributed by atoms with E-state index >= 15 is 0 Å². The molecule has 4 nitrogen and oxygen atoms in total. The van der Waals surface area contributed by atoms with E-state index in [0.29, 0.717) is 0 Å². The topological polar surface area (TPSA) is 33.7 Å². The lowest BCUT2D eigenvalue weighted by Gasteiger charge is -2.18. The quantitative estimate of drug-likeness (QED) is 0.835. The van der Waals surface area contributed by atoms with Crippen molar-refractivity contribution in [3.63, 3.8) is 0 Å². The standard InChI is InChI=1S/C13H21BrN2O2/c1-15-5-6-16(2)9-10-7-12(17-3)13(18-4)8-11(10)14/h7-8,15H,5-6,9H2,1-4H3. The third kappa shape index (κ3) is 4.15. The van der Waals surface area contributed by atoms with Crippen LogP contribution in [0.5, 0.6) is 11.5 Å². The maximum absolute atomic E-state index is 5.32. The van der Waals surface area contributed by atoms with Crippen LogP contribution in [-0.4, -0.2) is 46.3 Å². The summed E-state index contributed by atoms with van der Waals surface area (Å²) in [4.78, 5) is 2.25. The number of hydrogen-bond acceptors (Lipinski definition) is 4. The highest BCUT2D eigenvalue weighted by atomic mass is 79.9. The van der Waals surface area contributed by atoms with E-state index in [-0.39, 0.29) is 0 Å². The molecule has 0 bridgehead atoms. The minimum atomic E-state index is 0.742. The normalized spacial score (nSPS) is 10.8. The maximum atomic E-state index is 5.32. The van der Waals surface area contributed by atoms with Crippen LogP contribution in [0.4, 0.5) is 0 Å². The smallest absolute Gasteiger partial charge is 0.161 e. The van der Waals surface area contributed by atoms with E-state index in [4.69, 9.17) is 9.47 Å². The van der Waals surface area contributed by atoms with E-state index in [1.165, 1.54) is 5.56 Å². The molecule has 1 aromatic rings. The van der Waals surface area contributed by atoms with Gasteiger partial charge in [0.15, 0.2) is 11.5 Å². The molecule has 102 valence electrons. The molecule has 0 unspecified atom stereocenters. The zero-order valence-corrected chi connectivity index (χ0v) is 13.0. The molecule has 0 saturated carbocycles. The Labute approximate surface area is 117 Å². The van der Waals surface area contributed by atoms with Crippen molar-refractivity contribution in [3.05, 3.63) is 22.2 Å². The molecular weight excluding hydrogens is 296 g/mol. The fourth-order valence-corrected chi connectivity index (χ4v) is 2.14. The molecule has 18 heavy (non-hydrogen) atoms. The van der Waals surface area contributed by atoms with Gasteiger partial charge in [0.1, 0.15) is 0 Å². The third-order valence-electron chi connectivity index (χ3n) is 2.74. The maximum Gasteiger partial charge on any atom is 0.161 e. The number of ether oxygens (including phenoxy) is 2. The number of rotatable bonds is 7. The summed E-state index contributed by atoms with van der Waals surface area (Å²) in [5.41, 5.74) is 1.19. The molecule has 1 aromatic carbocycles. The van der Waals surface area contributed by atoms with Crippen LogP contribution in [0.2, 0.25) is 0 Å². The molecule has 0 atom stereocenters. The first-order valence-corrected chi connectivity index (χ1v) is 6.65. The molecular formula is C13H21BrN2O2. The van der Waals surface area contributed by atoms with Crippen molar-refractivity contribution in [2.75, 3.05) is 41.4 Å². The second-order valence-electron chi connectivity index (χ2n) is 4.14. The highest BCUT2D eigenvalue weighted by Crippen LogP contribution is 2.33. The molecule has 5 heteroatoms. The van der Waals surface area contributed by atoms with Crippen molar-refractivity contribution in [1.82, 2.24) is 10.2 Å². The SMILES string of the molecule is CNCCN(C)Cc1cc(OC)c(OC)cc1Br. The van der Waals surface area contributed by atoms with Crippen molar-refractivity contribution < 1.29 is 9.47 Å². The molecule has 1 rings (SSSR count). The van der Waals surface area contributed by atoms with Gasteiger partial charge in [0, 0.05) is 24.1 Å². The summed E-state index contributed by atoms with van der Waals surface area (Å²) in [6.45, 7) is 2.83. The average molecular weight is 317 g/mol. The largest absolute Gasteiger partial charge is 0.493 e. The Kier molecular flexibility index (Phi) is 6.46. The zero-order chi connectivity index (χ0) is 13.5. The summed E-state index contributed by atoms with van der Waals surface area (Å²) in [5.74, 6) is 1.50. The van der Waals surface area contributed by atoms with Gasteiger partial charge < -0.3 is 19.7 Å². The molecule has 0 amide bonds. The Bertz CT molecular complexity index is 385. The first-order valence-electron chi connectivity index (χ1n) is 5.86. The highest BCUT2D eigenvalue weighted by molar-refractivity contribution is 9.10. The van der Waals surface area contributed by atoms with Crippen molar-refractivity contribution in [3.8, 4) is 11.5 Å². The second kappa shape index (κ2) is 7.61. The summed E-state index contributed by atoms with van der Waals surface area (Å²) in [6, 6.07) is 3.96. The number of likely N-dealkylation sites (N-methyl/N-ethyl adjacent to an activating group) is 2. The Balaban J connectivity index is 2.82. The van der Waals surface area contributed by atoms with Crippen LogP contribution in [0.1, 0.15) is 5.56 Å². The molecule has 1 N–H and O–H groups in total. The number of benzene rings is 1. The fraction of sp³-hybridized carbons (Fsp3) is 0.538. The molecule has 0 heterocycles. The van der Waals surface area contributed by atoms with Crippen LogP contribution in [0.3, 0.4) is 0 Å². The fourth-order valence-electron chi connectivity index (χ4n) is 1.69. The van der Waals surface area contributed by atoms with Gasteiger partial charge in [0.2, 0.25) is 0 Å². The summed E-state index contributed by atoms with van der Waals surface area (Å²) in [7, 11) is 7.35. The van der Waals surface area contributed by atoms with Crippen molar-refractivity contribution in [1.29, 1.82) is 0 Å². The van der Waals surface area contributed by atoms with Gasteiger partial charge in [-0.25, -0.2) is 0 Å². The Morgan fingerprint density at radius 2 is 1.83 bits per heavy atom. The van der Waals surface area contributed by atoms with E-state index in [2.05, 4.69) is 33.2 Å². The van der Waals surface area contributed by atoms with Gasteiger partial charge in [-0.05, 0) is 31.8 Å². The van der Waals surface area contributed by atoms with Crippen molar-refractivity contribution in [2.24, 2.45) is 0 Å². The summed E-state index contributed by atoms with van der Waals surface area (Å²) < 4.78 is 11.6. The summed E-state index contributed by atoms with van der Waals surface area (Å²) in [6.07, 6.45) is 0. The van der Waals surface area contributed by atoms with Gasteiger partial charge in [0.05, 0.1) is 14.2 Å². The van der Waals surface area contributed by atoms with E-state index in [0.717, 1.165) is 35.6 Å². The van der Waals surface area contributed by atoms with Crippen LogP contribution < -0.4 is 14.8 Å². The van der Waals surface area contributed by atoms with Crippen LogP contribution in [-0.2, 0) is 6.54 Å². The number of hydrogen-bond donors (Lipinski definition) is 1. The summed E-state index contributed by atoms with van der Waals surface area (Å²) in [5, 5.41) is 3.14. The lowest BCUT2D eigenvalue weighted by molar-refractivity contribution is 0.324. The Morgan fingerprint density at radius 3 is 2.39 bits per heavy atom. The lowest BCUT2D eigenvalue weighted by Crippen LogP contribution is -2.27. The number of nitrogens with one attached hydrogen (secondary N) is 1. The van der Waals surface area contributed by atoms with Gasteiger partial charge in [-0.3, -0.25) is 0 Å². The van der Waals surface area contributed by atoms with E-state index in [1.54, 1.807) is 14.2 Å². The zero-order valence-electron chi connectivity index (χ0n) is 11.4. The molecule has 0 aromatic heterocycles. The van der Waals surface area contributed by atoms with E-state index in [9.17, 15) is 0 Å². The second-order valence-corrected chi connectivity index (χ2v) is 4.99. The van der Waals surface area contributed by atoms with E-state index < -0.39 is 0 Å². The molecule has 0 saturated heterocycles. The monoisotopic (exact) mass is 316 g/mol. The van der Waals surface area contributed by atoms with Crippen molar-refractivity contribution >= 4 is 15.9 Å². The molecule has 0 aliphatic heterocycles. The molecule has 0 aliphatic rings. The minimum absolute atomic E-state index is 0.742. The Hall–Kier alpha value is -0.780. The molecule has 0 radical (unpaired) electrons. The van der Waals surface area contributed by atoms with Crippen LogP contribution in [0.15, 0.2) is 16.6 Å². The molecule has 0 spiro atoms. The van der Waals surface area contributed by atoms with Crippen LogP contribution in [0, 0.1) is 0 Å². The van der Waals surface area contributed by atoms with E-state index in [1.807, 2.05) is 19.2 Å². The van der Waals surface area contributed by atoms with Crippen LogP contribution in [0.25, 0.3) is 0 Å². The highest BCUT2D eigenvalue weighted by Gasteiger charge is 2.10. The first-order chi connectivity index (χ1) is 8.62. The lowest BCUT2D eigenvalue weighted by atomic mass is 10.2. The van der Waals surface area contributed by atoms with Crippen molar-refractivity contribution in [2.45, 2.75) is 6.54 Å². The first kappa shape index (κ1) is 15.3. The van der Waals surface area contributed by atoms with Crippen LogP contribution >= 0.6 is 15.9 Å². The van der Waals surface area contributed by atoms with Gasteiger partial charge in [0.25, 0.3) is 0 Å². The predicted octanol–water partition coefficient (Wildman–Crippen LogP) is 2.12. The Morgan fingerprint density at radius 1 is 1.22 bits per heavy atom. The van der Waals surface area contributed by atoms with Gasteiger partial charge in [-0.15, -0.1) is 0 Å². The third-order valence-corrected chi connectivity index (χ3v) is 3.47. The van der Waals surface area contributed by atoms with Gasteiger partial charge >= 0.3 is 0 Å². The average Bonchev–Trinajstić information content (AvgIpc) is 2.38. The molecule has 0 fully saturated rings. The number of halogens is 1. The molecule has 0 aliphatic carbocycles. The minimum Gasteiger partial charge on any atom is -0.493 e.